The molecule has 0 N–H and O–H groups in total. The van der Waals surface area contributed by atoms with E-state index in [1.807, 2.05) is 52.9 Å². The van der Waals surface area contributed by atoms with E-state index in [0.717, 1.165) is 68.7 Å². The van der Waals surface area contributed by atoms with Crippen molar-refractivity contribution in [3.63, 3.8) is 0 Å². The van der Waals surface area contributed by atoms with Gasteiger partial charge in [0.1, 0.15) is 12.4 Å². The molecule has 3 heterocycles. The summed E-state index contributed by atoms with van der Waals surface area (Å²) < 4.78 is 11.5. The highest BCUT2D eigenvalue weighted by atomic mass is 32.1. The van der Waals surface area contributed by atoms with Crippen LogP contribution >= 0.6 is 11.3 Å². The van der Waals surface area contributed by atoms with E-state index in [0.29, 0.717) is 13.0 Å². The maximum Gasteiger partial charge on any atom is 0.223 e. The minimum Gasteiger partial charge on any atom is -0.493 e. The minimum absolute atomic E-state index is 0.221. The molecule has 8 heteroatoms. The molecule has 3 aromatic rings. The summed E-state index contributed by atoms with van der Waals surface area (Å²) in [5.74, 6) is 2.68. The van der Waals surface area contributed by atoms with Crippen LogP contribution in [0.15, 0.2) is 60.1 Å². The van der Waals surface area contributed by atoms with E-state index < -0.39 is 0 Å². The lowest BCUT2D eigenvalue weighted by Crippen LogP contribution is -2.49. The molecule has 1 saturated heterocycles. The second-order valence-electron chi connectivity index (χ2n) is 8.53. The maximum absolute atomic E-state index is 12.9. The molecule has 1 aromatic carbocycles. The summed E-state index contributed by atoms with van der Waals surface area (Å²) in [6, 6.07) is 16.1. The topological polar surface area (TPSA) is 58.1 Å². The van der Waals surface area contributed by atoms with Crippen LogP contribution in [0.4, 0.5) is 5.82 Å². The fourth-order valence-electron chi connectivity index (χ4n) is 4.22. The largest absolute Gasteiger partial charge is 0.493 e. The Morgan fingerprint density at radius 3 is 2.63 bits per heavy atom. The van der Waals surface area contributed by atoms with Crippen LogP contribution in [-0.2, 0) is 17.9 Å². The quantitative estimate of drug-likeness (QED) is 0.396. The van der Waals surface area contributed by atoms with Gasteiger partial charge in [-0.2, -0.15) is 0 Å². The standard InChI is InChI=1S/C27H34N4O3S/c1-3-29(13-11-27(32)31-16-14-30(15-17-31)26-8-4-5-12-28-26)20-22-9-10-24(25(19-22)33-2)34-21-23-7-6-18-35-23/h4-10,12,18-19H,3,11,13-17,20-21H2,1-2H3. The second kappa shape index (κ2) is 12.6. The van der Waals surface area contributed by atoms with Gasteiger partial charge in [-0.25, -0.2) is 4.98 Å². The zero-order valence-electron chi connectivity index (χ0n) is 20.6. The van der Waals surface area contributed by atoms with Gasteiger partial charge in [0, 0.05) is 56.8 Å². The van der Waals surface area contributed by atoms with Crippen molar-refractivity contribution < 1.29 is 14.3 Å². The molecule has 1 fully saturated rings. The number of anilines is 1. The van der Waals surface area contributed by atoms with Crippen molar-refractivity contribution in [3.8, 4) is 11.5 Å². The number of amides is 1. The molecule has 186 valence electrons. The monoisotopic (exact) mass is 494 g/mol. The number of methoxy groups -OCH3 is 1. The predicted molar refractivity (Wildman–Crippen MR) is 140 cm³/mol. The van der Waals surface area contributed by atoms with Crippen molar-refractivity contribution in [2.45, 2.75) is 26.5 Å². The fourth-order valence-corrected chi connectivity index (χ4v) is 4.83. The highest BCUT2D eigenvalue weighted by molar-refractivity contribution is 7.09. The number of carbonyl (C=O) groups is 1. The maximum atomic E-state index is 12.9. The summed E-state index contributed by atoms with van der Waals surface area (Å²) in [6.07, 6.45) is 2.34. The van der Waals surface area contributed by atoms with E-state index in [1.54, 1.807) is 18.4 Å². The number of carbonyl (C=O) groups excluding carboxylic acids is 1. The molecule has 0 bridgehead atoms. The van der Waals surface area contributed by atoms with E-state index in [2.05, 4.69) is 33.8 Å². The summed E-state index contributed by atoms with van der Waals surface area (Å²) in [5.41, 5.74) is 1.14. The van der Waals surface area contributed by atoms with Crippen molar-refractivity contribution in [3.05, 3.63) is 70.5 Å². The SMILES string of the molecule is CCN(CCC(=O)N1CCN(c2ccccn2)CC1)Cc1ccc(OCc2cccs2)c(OC)c1. The highest BCUT2D eigenvalue weighted by Crippen LogP contribution is 2.30. The van der Waals surface area contributed by atoms with Gasteiger partial charge in [-0.15, -0.1) is 11.3 Å². The molecule has 2 aromatic heterocycles. The number of thiophene rings is 1. The van der Waals surface area contributed by atoms with Gasteiger partial charge in [0.2, 0.25) is 5.91 Å². The lowest BCUT2D eigenvalue weighted by Gasteiger charge is -2.35. The lowest BCUT2D eigenvalue weighted by molar-refractivity contribution is -0.131. The van der Waals surface area contributed by atoms with Crippen LogP contribution in [0.2, 0.25) is 0 Å². The number of aromatic nitrogens is 1. The molecule has 7 nitrogen and oxygen atoms in total. The van der Waals surface area contributed by atoms with Crippen LogP contribution in [-0.4, -0.2) is 67.1 Å². The molecule has 35 heavy (non-hydrogen) atoms. The molecule has 1 aliphatic heterocycles. The normalized spacial score (nSPS) is 13.8. The summed E-state index contributed by atoms with van der Waals surface area (Å²) in [4.78, 5) is 25.0. The van der Waals surface area contributed by atoms with Crippen molar-refractivity contribution in [1.82, 2.24) is 14.8 Å². The number of ether oxygens (including phenoxy) is 2. The number of benzene rings is 1. The van der Waals surface area contributed by atoms with Gasteiger partial charge in [0.05, 0.1) is 7.11 Å². The lowest BCUT2D eigenvalue weighted by atomic mass is 10.1. The van der Waals surface area contributed by atoms with Crippen LogP contribution in [0, 0.1) is 0 Å². The van der Waals surface area contributed by atoms with Crippen molar-refractivity contribution in [2.24, 2.45) is 0 Å². The molecule has 4 rings (SSSR count). The fraction of sp³-hybridized carbons (Fsp3) is 0.407. The Balaban J connectivity index is 1.25. The van der Waals surface area contributed by atoms with E-state index in [1.165, 1.54) is 4.88 Å². The minimum atomic E-state index is 0.221. The van der Waals surface area contributed by atoms with E-state index in [-0.39, 0.29) is 5.91 Å². The summed E-state index contributed by atoms with van der Waals surface area (Å²) >= 11 is 1.68. The Labute approximate surface area is 211 Å². The number of pyridine rings is 1. The molecule has 0 saturated carbocycles. The molecule has 0 aliphatic carbocycles. The number of hydrogen-bond donors (Lipinski definition) is 0. The number of hydrogen-bond acceptors (Lipinski definition) is 7. The first kappa shape index (κ1) is 25.0. The highest BCUT2D eigenvalue weighted by Gasteiger charge is 2.22. The van der Waals surface area contributed by atoms with Gasteiger partial charge >= 0.3 is 0 Å². The molecule has 0 spiro atoms. The molecule has 1 amide bonds. The summed E-state index contributed by atoms with van der Waals surface area (Å²) in [6.45, 7) is 8.16. The molecular weight excluding hydrogens is 460 g/mol. The van der Waals surface area contributed by atoms with Crippen molar-refractivity contribution in [2.75, 3.05) is 51.3 Å². The molecular formula is C27H34N4O3S. The molecule has 1 aliphatic rings. The van der Waals surface area contributed by atoms with Gasteiger partial charge < -0.3 is 19.3 Å². The first-order chi connectivity index (χ1) is 17.2. The number of piperazine rings is 1. The average molecular weight is 495 g/mol. The van der Waals surface area contributed by atoms with Crippen LogP contribution < -0.4 is 14.4 Å². The van der Waals surface area contributed by atoms with Gasteiger partial charge in [0.25, 0.3) is 0 Å². The Kier molecular flexibility index (Phi) is 8.97. The summed E-state index contributed by atoms with van der Waals surface area (Å²) in [7, 11) is 1.67. The zero-order valence-corrected chi connectivity index (χ0v) is 21.4. The summed E-state index contributed by atoms with van der Waals surface area (Å²) in [5, 5.41) is 2.05. The zero-order chi connectivity index (χ0) is 24.5. The molecule has 0 unspecified atom stereocenters. The van der Waals surface area contributed by atoms with Crippen LogP contribution in [0.3, 0.4) is 0 Å². The first-order valence-electron chi connectivity index (χ1n) is 12.1. The third kappa shape index (κ3) is 6.96. The van der Waals surface area contributed by atoms with E-state index in [9.17, 15) is 4.79 Å². The smallest absolute Gasteiger partial charge is 0.223 e. The Hall–Kier alpha value is -3.10. The van der Waals surface area contributed by atoms with Gasteiger partial charge in [-0.1, -0.05) is 25.1 Å². The predicted octanol–water partition coefficient (Wildman–Crippen LogP) is 4.29. The van der Waals surface area contributed by atoms with Crippen LogP contribution in [0.1, 0.15) is 23.8 Å². The second-order valence-corrected chi connectivity index (χ2v) is 9.56. The van der Waals surface area contributed by atoms with Crippen molar-refractivity contribution >= 4 is 23.1 Å². The number of nitrogens with zero attached hydrogens (tertiary/aromatic N) is 4. The first-order valence-corrected chi connectivity index (χ1v) is 13.0. The van der Waals surface area contributed by atoms with E-state index >= 15 is 0 Å². The average Bonchev–Trinajstić information content (AvgIpc) is 3.44. The van der Waals surface area contributed by atoms with E-state index in [4.69, 9.17) is 9.47 Å². The third-order valence-corrected chi connectivity index (χ3v) is 7.13. The van der Waals surface area contributed by atoms with Gasteiger partial charge in [-0.3, -0.25) is 9.69 Å². The van der Waals surface area contributed by atoms with Crippen LogP contribution in [0.5, 0.6) is 11.5 Å². The third-order valence-electron chi connectivity index (χ3n) is 6.28. The van der Waals surface area contributed by atoms with Gasteiger partial charge in [0.15, 0.2) is 11.5 Å². The van der Waals surface area contributed by atoms with Crippen LogP contribution in [0.25, 0.3) is 0 Å². The molecule has 0 atom stereocenters. The molecule has 0 radical (unpaired) electrons. The van der Waals surface area contributed by atoms with Crippen molar-refractivity contribution in [1.29, 1.82) is 0 Å². The number of rotatable bonds is 11. The Bertz CT molecular complexity index is 1050. The van der Waals surface area contributed by atoms with Gasteiger partial charge in [-0.05, 0) is 47.8 Å². The Morgan fingerprint density at radius 1 is 1.09 bits per heavy atom. The Morgan fingerprint density at radius 2 is 1.94 bits per heavy atom.